The second kappa shape index (κ2) is 8.97. The van der Waals surface area contributed by atoms with E-state index in [1.54, 1.807) is 12.4 Å². The Morgan fingerprint density at radius 1 is 0.880 bits per heavy atom. The zero-order chi connectivity index (χ0) is 17.3. The Balaban J connectivity index is 1.55. The van der Waals surface area contributed by atoms with Crippen LogP contribution in [0.25, 0.3) is 22.8 Å². The molecule has 1 aromatic carbocycles. The lowest BCUT2D eigenvalue weighted by Gasteiger charge is -2.06. The smallest absolute Gasteiger partial charge is 0.258 e. The van der Waals surface area contributed by atoms with Gasteiger partial charge in [-0.1, -0.05) is 37.8 Å². The molecule has 5 nitrogen and oxygen atoms in total. The summed E-state index contributed by atoms with van der Waals surface area (Å²) in [6.07, 6.45) is 9.60. The molecule has 0 aliphatic rings. The number of aromatic nitrogens is 3. The number of hydrogen-bond acceptors (Lipinski definition) is 5. The molecule has 2 aromatic heterocycles. The lowest BCUT2D eigenvalue weighted by Crippen LogP contribution is -1.97. The van der Waals surface area contributed by atoms with Gasteiger partial charge in [0.1, 0.15) is 5.75 Å². The molecule has 0 saturated carbocycles. The van der Waals surface area contributed by atoms with Gasteiger partial charge in [-0.25, -0.2) is 0 Å². The summed E-state index contributed by atoms with van der Waals surface area (Å²) in [5, 5.41) is 4.03. The van der Waals surface area contributed by atoms with Gasteiger partial charge < -0.3 is 9.26 Å². The summed E-state index contributed by atoms with van der Waals surface area (Å²) >= 11 is 0. The number of nitrogens with zero attached hydrogens (tertiary/aromatic N) is 3. The van der Waals surface area contributed by atoms with Crippen LogP contribution in [0.1, 0.15) is 39.0 Å². The Hall–Kier alpha value is -2.69. The quantitative estimate of drug-likeness (QED) is 0.505. The fraction of sp³-hybridized carbons (Fsp3) is 0.350. The molecule has 0 aliphatic heterocycles. The molecule has 0 unspecified atom stereocenters. The second-order valence-corrected chi connectivity index (χ2v) is 5.95. The highest BCUT2D eigenvalue weighted by atomic mass is 16.5. The van der Waals surface area contributed by atoms with Crippen molar-refractivity contribution in [3.63, 3.8) is 0 Å². The van der Waals surface area contributed by atoms with Crippen molar-refractivity contribution in [3.05, 3.63) is 48.8 Å². The minimum absolute atomic E-state index is 0.498. The van der Waals surface area contributed by atoms with E-state index < -0.39 is 0 Å². The first-order chi connectivity index (χ1) is 12.4. The third kappa shape index (κ3) is 4.89. The first-order valence-corrected chi connectivity index (χ1v) is 8.84. The number of hydrogen-bond donors (Lipinski definition) is 0. The van der Waals surface area contributed by atoms with Crippen LogP contribution < -0.4 is 4.74 Å². The standard InChI is InChI=1S/C20H23N3O2/c1-2-3-4-5-6-15-24-18-9-7-17(8-10-18)20-22-19(23-25-20)16-11-13-21-14-12-16/h7-14H,2-6,15H2,1H3. The zero-order valence-electron chi connectivity index (χ0n) is 14.5. The van der Waals surface area contributed by atoms with Crippen molar-refractivity contribution in [1.82, 2.24) is 15.1 Å². The van der Waals surface area contributed by atoms with Gasteiger partial charge in [0.15, 0.2) is 0 Å². The van der Waals surface area contributed by atoms with E-state index in [-0.39, 0.29) is 0 Å². The van der Waals surface area contributed by atoms with Gasteiger partial charge in [-0.3, -0.25) is 4.98 Å². The molecule has 0 atom stereocenters. The molecule has 0 N–H and O–H groups in total. The van der Waals surface area contributed by atoms with Crippen LogP contribution in [0.2, 0.25) is 0 Å². The molecule has 0 spiro atoms. The highest BCUT2D eigenvalue weighted by Crippen LogP contribution is 2.24. The molecular formula is C20H23N3O2. The largest absolute Gasteiger partial charge is 0.494 e. The third-order valence-corrected chi connectivity index (χ3v) is 3.98. The van der Waals surface area contributed by atoms with Crippen LogP contribution >= 0.6 is 0 Å². The van der Waals surface area contributed by atoms with Gasteiger partial charge in [-0.05, 0) is 42.8 Å². The van der Waals surface area contributed by atoms with E-state index in [0.717, 1.165) is 29.9 Å². The first-order valence-electron chi connectivity index (χ1n) is 8.84. The monoisotopic (exact) mass is 337 g/mol. The SMILES string of the molecule is CCCCCCCOc1ccc(-c2nc(-c3ccncc3)no2)cc1. The molecule has 0 bridgehead atoms. The normalized spacial score (nSPS) is 10.8. The summed E-state index contributed by atoms with van der Waals surface area (Å²) in [4.78, 5) is 8.43. The van der Waals surface area contributed by atoms with Crippen LogP contribution in [0.15, 0.2) is 53.3 Å². The van der Waals surface area contributed by atoms with E-state index in [4.69, 9.17) is 9.26 Å². The number of unbranched alkanes of at least 4 members (excludes halogenated alkanes) is 4. The Labute approximate surface area is 148 Å². The number of ether oxygens (including phenoxy) is 1. The fourth-order valence-electron chi connectivity index (χ4n) is 2.55. The van der Waals surface area contributed by atoms with Gasteiger partial charge in [-0.2, -0.15) is 4.98 Å². The van der Waals surface area contributed by atoms with E-state index >= 15 is 0 Å². The van der Waals surface area contributed by atoms with Crippen LogP contribution in [0.4, 0.5) is 0 Å². The van der Waals surface area contributed by atoms with Gasteiger partial charge in [0.25, 0.3) is 5.89 Å². The molecule has 3 rings (SSSR count). The molecule has 0 fully saturated rings. The van der Waals surface area contributed by atoms with Crippen molar-refractivity contribution in [3.8, 4) is 28.6 Å². The van der Waals surface area contributed by atoms with E-state index in [1.807, 2.05) is 36.4 Å². The minimum atomic E-state index is 0.498. The molecule has 130 valence electrons. The lowest BCUT2D eigenvalue weighted by atomic mass is 10.2. The maximum atomic E-state index is 5.78. The zero-order valence-corrected chi connectivity index (χ0v) is 14.5. The molecule has 0 aliphatic carbocycles. The van der Waals surface area contributed by atoms with Crippen molar-refractivity contribution in [2.24, 2.45) is 0 Å². The van der Waals surface area contributed by atoms with Gasteiger partial charge >= 0.3 is 0 Å². The van der Waals surface area contributed by atoms with E-state index in [9.17, 15) is 0 Å². The van der Waals surface area contributed by atoms with Crippen molar-refractivity contribution in [2.75, 3.05) is 6.61 Å². The summed E-state index contributed by atoms with van der Waals surface area (Å²) < 4.78 is 11.1. The summed E-state index contributed by atoms with van der Waals surface area (Å²) in [6, 6.07) is 11.5. The van der Waals surface area contributed by atoms with Gasteiger partial charge in [0.05, 0.1) is 6.61 Å². The molecular weight excluding hydrogens is 314 g/mol. The summed E-state index contributed by atoms with van der Waals surface area (Å²) in [5.74, 6) is 1.93. The molecule has 5 heteroatoms. The Morgan fingerprint density at radius 2 is 1.64 bits per heavy atom. The molecule has 0 amide bonds. The maximum absolute atomic E-state index is 5.78. The average Bonchev–Trinajstić information content (AvgIpc) is 3.16. The van der Waals surface area contributed by atoms with Crippen molar-refractivity contribution in [2.45, 2.75) is 39.0 Å². The highest BCUT2D eigenvalue weighted by Gasteiger charge is 2.10. The van der Waals surface area contributed by atoms with E-state index in [1.165, 1.54) is 25.7 Å². The predicted molar refractivity (Wildman–Crippen MR) is 97.2 cm³/mol. The Morgan fingerprint density at radius 3 is 2.40 bits per heavy atom. The van der Waals surface area contributed by atoms with Crippen LogP contribution in [0.3, 0.4) is 0 Å². The topological polar surface area (TPSA) is 61.0 Å². The van der Waals surface area contributed by atoms with Crippen LogP contribution in [0, 0.1) is 0 Å². The first kappa shape index (κ1) is 17.1. The van der Waals surface area contributed by atoms with Crippen molar-refractivity contribution < 1.29 is 9.26 Å². The lowest BCUT2D eigenvalue weighted by molar-refractivity contribution is 0.304. The molecule has 2 heterocycles. The Kier molecular flexibility index (Phi) is 6.15. The molecule has 25 heavy (non-hydrogen) atoms. The van der Waals surface area contributed by atoms with Crippen molar-refractivity contribution >= 4 is 0 Å². The molecule has 0 saturated heterocycles. The minimum Gasteiger partial charge on any atom is -0.494 e. The Bertz CT molecular complexity index is 754. The molecule has 3 aromatic rings. The summed E-state index contributed by atoms with van der Waals surface area (Å²) in [6.45, 7) is 2.98. The van der Waals surface area contributed by atoms with Crippen LogP contribution in [-0.4, -0.2) is 21.7 Å². The van der Waals surface area contributed by atoms with E-state index in [0.29, 0.717) is 11.7 Å². The summed E-state index contributed by atoms with van der Waals surface area (Å²) in [5.41, 5.74) is 1.76. The number of rotatable bonds is 9. The van der Waals surface area contributed by atoms with Gasteiger partial charge in [0.2, 0.25) is 5.82 Å². The number of pyridine rings is 1. The van der Waals surface area contributed by atoms with Gasteiger partial charge in [0, 0.05) is 23.5 Å². The highest BCUT2D eigenvalue weighted by molar-refractivity contribution is 5.59. The average molecular weight is 337 g/mol. The van der Waals surface area contributed by atoms with Gasteiger partial charge in [-0.15, -0.1) is 0 Å². The fourth-order valence-corrected chi connectivity index (χ4v) is 2.55. The van der Waals surface area contributed by atoms with Crippen molar-refractivity contribution in [1.29, 1.82) is 0 Å². The third-order valence-electron chi connectivity index (χ3n) is 3.98. The molecule has 0 radical (unpaired) electrons. The van der Waals surface area contributed by atoms with Crippen LogP contribution in [0.5, 0.6) is 5.75 Å². The predicted octanol–water partition coefficient (Wildman–Crippen LogP) is 5.15. The van der Waals surface area contributed by atoms with Crippen LogP contribution in [-0.2, 0) is 0 Å². The second-order valence-electron chi connectivity index (χ2n) is 5.95. The van der Waals surface area contributed by atoms with E-state index in [2.05, 4.69) is 22.0 Å². The number of benzene rings is 1. The summed E-state index contributed by atoms with van der Waals surface area (Å²) in [7, 11) is 0. The maximum Gasteiger partial charge on any atom is 0.258 e.